The molecule has 2 aromatic rings. The molecule has 0 aliphatic carbocycles. The van der Waals surface area contributed by atoms with Crippen molar-refractivity contribution in [3.05, 3.63) is 58.1 Å². The molecule has 25 heavy (non-hydrogen) atoms. The second-order valence-electron chi connectivity index (χ2n) is 5.65. The van der Waals surface area contributed by atoms with Crippen molar-refractivity contribution in [2.75, 3.05) is 11.5 Å². The van der Waals surface area contributed by atoms with Gasteiger partial charge in [-0.25, -0.2) is 4.39 Å². The molecule has 130 valence electrons. The van der Waals surface area contributed by atoms with Gasteiger partial charge in [0.1, 0.15) is 12.2 Å². The van der Waals surface area contributed by atoms with Gasteiger partial charge < -0.3 is 9.64 Å². The van der Waals surface area contributed by atoms with Gasteiger partial charge in [-0.3, -0.25) is 14.6 Å². The Hall–Kier alpha value is -2.47. The summed E-state index contributed by atoms with van der Waals surface area (Å²) in [4.78, 5) is 29.7. The van der Waals surface area contributed by atoms with E-state index < -0.39 is 24.0 Å². The predicted molar refractivity (Wildman–Crippen MR) is 91.1 cm³/mol. The minimum Gasteiger partial charge on any atom is -0.466 e. The van der Waals surface area contributed by atoms with Crippen molar-refractivity contribution in [1.29, 1.82) is 0 Å². The van der Waals surface area contributed by atoms with E-state index in [9.17, 15) is 14.0 Å². The maximum atomic E-state index is 14.4. The smallest absolute Gasteiger partial charge is 0.313 e. The third-order valence-electron chi connectivity index (χ3n) is 3.97. The second kappa shape index (κ2) is 7.19. The number of benzene rings is 1. The molecule has 0 saturated heterocycles. The number of rotatable bonds is 5. The summed E-state index contributed by atoms with van der Waals surface area (Å²) in [6.45, 7) is 2.89. The Morgan fingerprint density at radius 1 is 1.36 bits per heavy atom. The second-order valence-corrected chi connectivity index (χ2v) is 6.06. The predicted octanol–water partition coefficient (Wildman–Crippen LogP) is 3.53. The molecular weight excluding hydrogens is 347 g/mol. The number of fused-ring (bicyclic) bond motifs is 1. The fraction of sp³-hybridized carbons (Fsp3) is 0.278. The molecular formula is C18H16ClFN2O3. The quantitative estimate of drug-likeness (QED) is 0.462. The van der Waals surface area contributed by atoms with Gasteiger partial charge in [0.05, 0.1) is 35.1 Å². The van der Waals surface area contributed by atoms with Crippen LogP contribution in [0.15, 0.2) is 30.5 Å². The molecule has 0 radical (unpaired) electrons. The zero-order valence-corrected chi connectivity index (χ0v) is 14.3. The third kappa shape index (κ3) is 3.64. The summed E-state index contributed by atoms with van der Waals surface area (Å²) in [6.07, 6.45) is 1.20. The molecule has 0 saturated carbocycles. The van der Waals surface area contributed by atoms with Crippen LogP contribution in [-0.2, 0) is 22.6 Å². The summed E-state index contributed by atoms with van der Waals surface area (Å²) in [7, 11) is 0. The van der Waals surface area contributed by atoms with Gasteiger partial charge in [0, 0.05) is 12.7 Å². The van der Waals surface area contributed by atoms with Crippen LogP contribution in [0.5, 0.6) is 0 Å². The summed E-state index contributed by atoms with van der Waals surface area (Å²) in [5.41, 5.74) is 2.25. The summed E-state index contributed by atoms with van der Waals surface area (Å²) in [6, 6.07) is 6.31. The number of ketones is 1. The highest BCUT2D eigenvalue weighted by Crippen LogP contribution is 2.34. The molecule has 0 spiro atoms. The topological polar surface area (TPSA) is 59.5 Å². The maximum Gasteiger partial charge on any atom is 0.313 e. The SMILES string of the molecule is CCOC(=O)CC(=O)c1cc(Cl)c(N2Cc3cccnc3C2)cc1F. The molecule has 0 unspecified atom stereocenters. The molecule has 1 aromatic carbocycles. The molecule has 7 heteroatoms. The van der Waals surface area contributed by atoms with Gasteiger partial charge in [-0.15, -0.1) is 0 Å². The van der Waals surface area contributed by atoms with E-state index >= 15 is 0 Å². The van der Waals surface area contributed by atoms with Crippen LogP contribution in [0.1, 0.15) is 35.0 Å². The number of nitrogens with zero attached hydrogens (tertiary/aromatic N) is 2. The van der Waals surface area contributed by atoms with Crippen molar-refractivity contribution in [2.45, 2.75) is 26.4 Å². The van der Waals surface area contributed by atoms with E-state index in [1.54, 1.807) is 13.1 Å². The normalized spacial score (nSPS) is 12.8. The lowest BCUT2D eigenvalue weighted by atomic mass is 10.1. The Labute approximate surface area is 149 Å². The third-order valence-corrected chi connectivity index (χ3v) is 4.28. The zero-order valence-electron chi connectivity index (χ0n) is 13.6. The first-order valence-corrected chi connectivity index (χ1v) is 8.23. The first-order valence-electron chi connectivity index (χ1n) is 7.85. The number of aromatic nitrogens is 1. The van der Waals surface area contributed by atoms with E-state index in [0.29, 0.717) is 18.8 Å². The summed E-state index contributed by atoms with van der Waals surface area (Å²) in [5, 5.41) is 0.251. The van der Waals surface area contributed by atoms with Crippen molar-refractivity contribution < 1.29 is 18.7 Å². The Bertz CT molecular complexity index is 816. The number of carbonyl (C=O) groups is 2. The van der Waals surface area contributed by atoms with Crippen LogP contribution in [0.3, 0.4) is 0 Å². The molecule has 5 nitrogen and oxygen atoms in total. The highest BCUT2D eigenvalue weighted by molar-refractivity contribution is 6.33. The number of halogens is 2. The minimum atomic E-state index is -0.711. The van der Waals surface area contributed by atoms with Gasteiger partial charge in [0.25, 0.3) is 0 Å². The van der Waals surface area contributed by atoms with Crippen molar-refractivity contribution in [3.8, 4) is 0 Å². The number of carbonyl (C=O) groups excluding carboxylic acids is 2. The molecule has 1 aliphatic rings. The molecule has 0 N–H and O–H groups in total. The van der Waals surface area contributed by atoms with E-state index in [1.807, 2.05) is 17.0 Å². The number of ether oxygens (including phenoxy) is 1. The Kier molecular flexibility index (Phi) is 4.99. The van der Waals surface area contributed by atoms with Gasteiger partial charge in [-0.05, 0) is 30.7 Å². The first kappa shape index (κ1) is 17.4. The summed E-state index contributed by atoms with van der Waals surface area (Å²) < 4.78 is 19.1. The van der Waals surface area contributed by atoms with Gasteiger partial charge in [-0.2, -0.15) is 0 Å². The molecule has 3 rings (SSSR count). The lowest BCUT2D eigenvalue weighted by Crippen LogP contribution is -2.17. The number of pyridine rings is 1. The van der Waals surface area contributed by atoms with Crippen molar-refractivity contribution in [3.63, 3.8) is 0 Å². The van der Waals surface area contributed by atoms with Crippen LogP contribution in [0, 0.1) is 5.82 Å². The number of anilines is 1. The fourth-order valence-corrected chi connectivity index (χ4v) is 3.08. The number of Topliss-reactive ketones (excluding diaryl/α,β-unsaturated/α-hetero) is 1. The van der Waals surface area contributed by atoms with Crippen LogP contribution in [0.2, 0.25) is 5.02 Å². The van der Waals surface area contributed by atoms with Crippen LogP contribution in [-0.4, -0.2) is 23.3 Å². The monoisotopic (exact) mass is 362 g/mol. The van der Waals surface area contributed by atoms with Crippen molar-refractivity contribution >= 4 is 29.0 Å². The maximum absolute atomic E-state index is 14.4. The van der Waals surface area contributed by atoms with Crippen LogP contribution < -0.4 is 4.90 Å². The fourth-order valence-electron chi connectivity index (χ4n) is 2.80. The van der Waals surface area contributed by atoms with E-state index in [2.05, 4.69) is 4.98 Å². The average molecular weight is 363 g/mol. The van der Waals surface area contributed by atoms with E-state index in [0.717, 1.165) is 11.3 Å². The molecule has 0 bridgehead atoms. The van der Waals surface area contributed by atoms with Crippen LogP contribution in [0.25, 0.3) is 0 Å². The number of esters is 1. The molecule has 0 fully saturated rings. The average Bonchev–Trinajstić information content (AvgIpc) is 3.00. The Balaban J connectivity index is 1.82. The molecule has 0 amide bonds. The number of hydrogen-bond donors (Lipinski definition) is 0. The largest absolute Gasteiger partial charge is 0.466 e. The summed E-state index contributed by atoms with van der Waals surface area (Å²) in [5.74, 6) is -2.05. The number of hydrogen-bond acceptors (Lipinski definition) is 5. The minimum absolute atomic E-state index is 0.165. The van der Waals surface area contributed by atoms with Gasteiger partial charge >= 0.3 is 5.97 Å². The first-order chi connectivity index (χ1) is 12.0. The lowest BCUT2D eigenvalue weighted by Gasteiger charge is -2.20. The standard InChI is InChI=1S/C18H16ClFN2O3/c1-2-25-18(24)8-17(23)12-6-13(19)16(7-14(12)20)22-9-11-4-3-5-21-15(11)10-22/h3-7H,2,8-10H2,1H3. The van der Waals surface area contributed by atoms with Crippen molar-refractivity contribution in [1.82, 2.24) is 4.98 Å². The van der Waals surface area contributed by atoms with E-state index in [-0.39, 0.29) is 17.2 Å². The highest BCUT2D eigenvalue weighted by Gasteiger charge is 2.25. The van der Waals surface area contributed by atoms with Crippen molar-refractivity contribution in [2.24, 2.45) is 0 Å². The highest BCUT2D eigenvalue weighted by atomic mass is 35.5. The van der Waals surface area contributed by atoms with Gasteiger partial charge in [-0.1, -0.05) is 17.7 Å². The van der Waals surface area contributed by atoms with Gasteiger partial charge in [0.15, 0.2) is 5.78 Å². The van der Waals surface area contributed by atoms with Crippen LogP contribution in [0.4, 0.5) is 10.1 Å². The molecule has 1 aliphatic heterocycles. The zero-order chi connectivity index (χ0) is 18.0. The molecule has 0 atom stereocenters. The van der Waals surface area contributed by atoms with E-state index in [1.165, 1.54) is 12.1 Å². The lowest BCUT2D eigenvalue weighted by molar-refractivity contribution is -0.141. The van der Waals surface area contributed by atoms with Crippen LogP contribution >= 0.6 is 11.6 Å². The van der Waals surface area contributed by atoms with E-state index in [4.69, 9.17) is 16.3 Å². The summed E-state index contributed by atoms with van der Waals surface area (Å²) >= 11 is 6.27. The Morgan fingerprint density at radius 2 is 2.16 bits per heavy atom. The van der Waals surface area contributed by atoms with Gasteiger partial charge in [0.2, 0.25) is 0 Å². The Morgan fingerprint density at radius 3 is 2.88 bits per heavy atom. The molecule has 2 heterocycles. The molecule has 1 aromatic heterocycles.